The second-order valence-electron chi connectivity index (χ2n) is 4.77. The predicted molar refractivity (Wildman–Crippen MR) is 89.5 cm³/mol. The number of hydrogen-bond acceptors (Lipinski definition) is 5. The van der Waals surface area contributed by atoms with E-state index >= 15 is 0 Å². The summed E-state index contributed by atoms with van der Waals surface area (Å²) < 4.78 is 7.57. The summed E-state index contributed by atoms with van der Waals surface area (Å²) in [6.45, 7) is 2.04. The van der Waals surface area contributed by atoms with Crippen LogP contribution in [0.3, 0.4) is 0 Å². The van der Waals surface area contributed by atoms with Gasteiger partial charge in [0.1, 0.15) is 10.8 Å². The largest absolute Gasteiger partial charge is 0.497 e. The Kier molecular flexibility index (Phi) is 2.90. The van der Waals surface area contributed by atoms with Gasteiger partial charge in [-0.05, 0) is 43.3 Å². The van der Waals surface area contributed by atoms with Gasteiger partial charge in [0.15, 0.2) is 0 Å². The standard InChI is InChI=1S/C16H12N2OS2/c1-9-17-12-7-15-13(8-14(12)20-9)18-16(21-15)10-3-5-11(19-2)6-4-10/h3-8H,1-2H3. The Morgan fingerprint density at radius 2 is 1.57 bits per heavy atom. The van der Waals surface area contributed by atoms with Crippen molar-refractivity contribution in [3.8, 4) is 16.3 Å². The minimum Gasteiger partial charge on any atom is -0.497 e. The molecular weight excluding hydrogens is 300 g/mol. The molecule has 0 saturated carbocycles. The number of nitrogens with zero attached hydrogens (tertiary/aromatic N) is 2. The highest BCUT2D eigenvalue weighted by Crippen LogP contribution is 2.34. The zero-order valence-corrected chi connectivity index (χ0v) is 13.2. The Hall–Kier alpha value is -1.98. The average Bonchev–Trinajstić information content (AvgIpc) is 3.06. The number of fused-ring (bicyclic) bond motifs is 2. The number of aryl methyl sites for hydroxylation is 1. The van der Waals surface area contributed by atoms with Gasteiger partial charge in [0, 0.05) is 5.56 Å². The molecule has 104 valence electrons. The van der Waals surface area contributed by atoms with E-state index in [1.807, 2.05) is 31.2 Å². The Labute approximate surface area is 129 Å². The molecule has 0 atom stereocenters. The molecule has 0 aliphatic rings. The maximum absolute atomic E-state index is 5.19. The van der Waals surface area contributed by atoms with E-state index in [9.17, 15) is 0 Å². The molecule has 0 N–H and O–H groups in total. The monoisotopic (exact) mass is 312 g/mol. The fourth-order valence-electron chi connectivity index (χ4n) is 2.32. The van der Waals surface area contributed by atoms with E-state index < -0.39 is 0 Å². The summed E-state index contributed by atoms with van der Waals surface area (Å²) in [6, 6.07) is 12.3. The van der Waals surface area contributed by atoms with Gasteiger partial charge < -0.3 is 4.74 Å². The SMILES string of the molecule is COc1ccc(-c2nc3cc4sc(C)nc4cc3s2)cc1. The third kappa shape index (κ3) is 2.18. The normalized spacial score (nSPS) is 11.3. The van der Waals surface area contributed by atoms with Crippen LogP contribution in [0.15, 0.2) is 36.4 Å². The molecule has 0 saturated heterocycles. The van der Waals surface area contributed by atoms with E-state index in [4.69, 9.17) is 9.72 Å². The fourth-order valence-corrected chi connectivity index (χ4v) is 4.15. The van der Waals surface area contributed by atoms with Crippen LogP contribution in [0.4, 0.5) is 0 Å². The quantitative estimate of drug-likeness (QED) is 0.528. The van der Waals surface area contributed by atoms with E-state index in [1.165, 1.54) is 9.40 Å². The van der Waals surface area contributed by atoms with Crippen molar-refractivity contribution in [3.05, 3.63) is 41.4 Å². The zero-order chi connectivity index (χ0) is 14.4. The highest BCUT2D eigenvalue weighted by Gasteiger charge is 2.09. The molecule has 0 spiro atoms. The molecule has 0 amide bonds. The number of ether oxygens (including phenoxy) is 1. The van der Waals surface area contributed by atoms with Gasteiger partial charge in [0.25, 0.3) is 0 Å². The van der Waals surface area contributed by atoms with Gasteiger partial charge in [-0.2, -0.15) is 0 Å². The van der Waals surface area contributed by atoms with Crippen molar-refractivity contribution in [2.45, 2.75) is 6.92 Å². The molecule has 0 aliphatic carbocycles. The van der Waals surface area contributed by atoms with Crippen LogP contribution in [-0.4, -0.2) is 17.1 Å². The van der Waals surface area contributed by atoms with Gasteiger partial charge in [-0.1, -0.05) is 0 Å². The lowest BCUT2D eigenvalue weighted by molar-refractivity contribution is 0.415. The Morgan fingerprint density at radius 3 is 2.29 bits per heavy atom. The van der Waals surface area contributed by atoms with Gasteiger partial charge >= 0.3 is 0 Å². The lowest BCUT2D eigenvalue weighted by Crippen LogP contribution is -1.82. The molecule has 2 aromatic heterocycles. The van der Waals surface area contributed by atoms with Crippen LogP contribution >= 0.6 is 22.7 Å². The summed E-state index contributed by atoms with van der Waals surface area (Å²) in [7, 11) is 1.68. The molecule has 3 nitrogen and oxygen atoms in total. The molecular formula is C16H12N2OS2. The summed E-state index contributed by atoms with van der Waals surface area (Å²) >= 11 is 3.41. The van der Waals surface area contributed by atoms with Crippen molar-refractivity contribution in [2.24, 2.45) is 0 Å². The lowest BCUT2D eigenvalue weighted by Gasteiger charge is -1.99. The Bertz CT molecular complexity index is 887. The number of hydrogen-bond donors (Lipinski definition) is 0. The van der Waals surface area contributed by atoms with E-state index in [0.29, 0.717) is 0 Å². The van der Waals surface area contributed by atoms with Crippen LogP contribution < -0.4 is 4.74 Å². The maximum atomic E-state index is 5.19. The van der Waals surface area contributed by atoms with Crippen molar-refractivity contribution in [1.82, 2.24) is 9.97 Å². The summed E-state index contributed by atoms with van der Waals surface area (Å²) in [6.07, 6.45) is 0. The van der Waals surface area contributed by atoms with Gasteiger partial charge in [0.05, 0.1) is 32.6 Å². The van der Waals surface area contributed by atoms with Crippen molar-refractivity contribution in [3.63, 3.8) is 0 Å². The van der Waals surface area contributed by atoms with E-state index in [1.54, 1.807) is 29.8 Å². The first-order valence-corrected chi connectivity index (χ1v) is 8.18. The first-order valence-electron chi connectivity index (χ1n) is 6.55. The van der Waals surface area contributed by atoms with Crippen molar-refractivity contribution in [1.29, 1.82) is 0 Å². The molecule has 5 heteroatoms. The third-order valence-corrected chi connectivity index (χ3v) is 5.34. The topological polar surface area (TPSA) is 35.0 Å². The van der Waals surface area contributed by atoms with Gasteiger partial charge in [-0.3, -0.25) is 0 Å². The number of rotatable bonds is 2. The molecule has 4 rings (SSSR count). The molecule has 4 aromatic rings. The number of methoxy groups -OCH3 is 1. The third-order valence-electron chi connectivity index (χ3n) is 3.34. The van der Waals surface area contributed by atoms with Crippen LogP contribution in [0.25, 0.3) is 31.0 Å². The van der Waals surface area contributed by atoms with Crippen molar-refractivity contribution < 1.29 is 4.74 Å². The van der Waals surface area contributed by atoms with Crippen molar-refractivity contribution in [2.75, 3.05) is 7.11 Å². The molecule has 21 heavy (non-hydrogen) atoms. The van der Waals surface area contributed by atoms with E-state index in [2.05, 4.69) is 17.1 Å². The van der Waals surface area contributed by atoms with Crippen LogP contribution in [0.1, 0.15) is 5.01 Å². The first kappa shape index (κ1) is 12.7. The van der Waals surface area contributed by atoms with Crippen LogP contribution in [0, 0.1) is 6.92 Å². The fraction of sp³-hybridized carbons (Fsp3) is 0.125. The molecule has 0 unspecified atom stereocenters. The van der Waals surface area contributed by atoms with Gasteiger partial charge in [0.2, 0.25) is 0 Å². The second kappa shape index (κ2) is 4.79. The molecule has 0 fully saturated rings. The number of aromatic nitrogens is 2. The Balaban J connectivity index is 1.85. The smallest absolute Gasteiger partial charge is 0.124 e. The molecule has 0 bridgehead atoms. The molecule has 2 heterocycles. The summed E-state index contributed by atoms with van der Waals surface area (Å²) in [4.78, 5) is 9.30. The van der Waals surface area contributed by atoms with Crippen LogP contribution in [0.2, 0.25) is 0 Å². The van der Waals surface area contributed by atoms with Gasteiger partial charge in [-0.25, -0.2) is 9.97 Å². The van der Waals surface area contributed by atoms with E-state index in [-0.39, 0.29) is 0 Å². The van der Waals surface area contributed by atoms with E-state index in [0.717, 1.165) is 32.4 Å². The minimum atomic E-state index is 0.861. The number of thiazole rings is 2. The summed E-state index contributed by atoms with van der Waals surface area (Å²) in [5.74, 6) is 0.861. The molecule has 2 aromatic carbocycles. The minimum absolute atomic E-state index is 0.861. The Morgan fingerprint density at radius 1 is 0.905 bits per heavy atom. The predicted octanol–water partition coefficient (Wildman–Crippen LogP) is 4.89. The van der Waals surface area contributed by atoms with Gasteiger partial charge in [-0.15, -0.1) is 22.7 Å². The summed E-state index contributed by atoms with van der Waals surface area (Å²) in [5.41, 5.74) is 3.22. The summed E-state index contributed by atoms with van der Waals surface area (Å²) in [5, 5.41) is 2.13. The molecule has 0 aliphatic heterocycles. The number of benzene rings is 2. The first-order chi connectivity index (χ1) is 10.2. The van der Waals surface area contributed by atoms with Crippen LogP contribution in [-0.2, 0) is 0 Å². The maximum Gasteiger partial charge on any atom is 0.124 e. The van der Waals surface area contributed by atoms with Crippen molar-refractivity contribution >= 4 is 43.1 Å². The highest BCUT2D eigenvalue weighted by atomic mass is 32.1. The second-order valence-corrected chi connectivity index (χ2v) is 7.03. The highest BCUT2D eigenvalue weighted by molar-refractivity contribution is 7.22. The lowest BCUT2D eigenvalue weighted by atomic mass is 10.2. The van der Waals surface area contributed by atoms with Crippen LogP contribution in [0.5, 0.6) is 5.75 Å². The molecule has 0 radical (unpaired) electrons. The average molecular weight is 312 g/mol. The zero-order valence-electron chi connectivity index (χ0n) is 11.6.